The van der Waals surface area contributed by atoms with Crippen LogP contribution in [-0.4, -0.2) is 57.8 Å². The Bertz CT molecular complexity index is 1450. The number of nitrogens with zero attached hydrogens (tertiary/aromatic N) is 4. The third-order valence-corrected chi connectivity index (χ3v) is 6.83. The number of para-hydroxylation sites is 1. The average Bonchev–Trinajstić information content (AvgIpc) is 3.38. The fourth-order valence-corrected chi connectivity index (χ4v) is 4.93. The van der Waals surface area contributed by atoms with Gasteiger partial charge in [-0.2, -0.15) is 0 Å². The minimum atomic E-state index is -0.182. The van der Waals surface area contributed by atoms with Crippen LogP contribution in [-0.2, 0) is 17.9 Å². The van der Waals surface area contributed by atoms with E-state index in [4.69, 9.17) is 9.26 Å². The van der Waals surface area contributed by atoms with Gasteiger partial charge in [0.2, 0.25) is 0 Å². The van der Waals surface area contributed by atoms with Crippen molar-refractivity contribution in [1.82, 2.24) is 24.9 Å². The molecule has 10 nitrogen and oxygen atoms in total. The zero-order valence-electron chi connectivity index (χ0n) is 19.2. The van der Waals surface area contributed by atoms with Crippen molar-refractivity contribution in [2.24, 2.45) is 0 Å². The predicted molar refractivity (Wildman–Crippen MR) is 130 cm³/mol. The second-order valence-corrected chi connectivity index (χ2v) is 9.03. The topological polar surface area (TPSA) is 115 Å². The SMILES string of the molecule is O=C1COc2ccc(CNC3CCN(CCn4c(=O)c5nocc5c5ccccc54)CC3)nc2N1. The maximum Gasteiger partial charge on any atom is 0.281 e. The van der Waals surface area contributed by atoms with E-state index in [1.54, 1.807) is 6.26 Å². The van der Waals surface area contributed by atoms with Crippen LogP contribution in [0.3, 0.4) is 0 Å². The van der Waals surface area contributed by atoms with E-state index in [-0.39, 0.29) is 18.1 Å². The van der Waals surface area contributed by atoms with Crippen LogP contribution in [0.15, 0.2) is 52.0 Å². The highest BCUT2D eigenvalue weighted by molar-refractivity contribution is 6.03. The monoisotopic (exact) mass is 474 g/mol. The Morgan fingerprint density at radius 3 is 2.80 bits per heavy atom. The lowest BCUT2D eigenvalue weighted by atomic mass is 10.0. The van der Waals surface area contributed by atoms with Crippen LogP contribution in [0.2, 0.25) is 0 Å². The van der Waals surface area contributed by atoms with Crippen molar-refractivity contribution in [2.75, 3.05) is 31.6 Å². The predicted octanol–water partition coefficient (Wildman–Crippen LogP) is 2.12. The number of anilines is 1. The van der Waals surface area contributed by atoms with Gasteiger partial charge in [0.25, 0.3) is 11.5 Å². The lowest BCUT2D eigenvalue weighted by molar-refractivity contribution is -0.118. The first-order chi connectivity index (χ1) is 17.2. The molecule has 0 radical (unpaired) electrons. The van der Waals surface area contributed by atoms with Crippen molar-refractivity contribution in [3.8, 4) is 5.75 Å². The fourth-order valence-electron chi connectivity index (χ4n) is 4.93. The van der Waals surface area contributed by atoms with E-state index >= 15 is 0 Å². The van der Waals surface area contributed by atoms with Crippen LogP contribution in [0.4, 0.5) is 5.82 Å². The molecule has 6 rings (SSSR count). The van der Waals surface area contributed by atoms with Crippen molar-refractivity contribution in [3.05, 3.63) is 58.7 Å². The molecule has 0 saturated carbocycles. The van der Waals surface area contributed by atoms with Crippen LogP contribution < -0.4 is 20.9 Å². The van der Waals surface area contributed by atoms with Crippen molar-refractivity contribution in [1.29, 1.82) is 0 Å². The number of fused-ring (bicyclic) bond motifs is 4. The van der Waals surface area contributed by atoms with Crippen LogP contribution in [0.25, 0.3) is 21.8 Å². The Labute approximate surface area is 200 Å². The molecule has 3 aromatic heterocycles. The first-order valence-electron chi connectivity index (χ1n) is 11.9. The van der Waals surface area contributed by atoms with Crippen molar-refractivity contribution in [3.63, 3.8) is 0 Å². The zero-order chi connectivity index (χ0) is 23.8. The summed E-state index contributed by atoms with van der Waals surface area (Å²) in [6, 6.07) is 12.1. The summed E-state index contributed by atoms with van der Waals surface area (Å²) in [5, 5.41) is 12.0. The molecule has 5 heterocycles. The smallest absolute Gasteiger partial charge is 0.281 e. The van der Waals surface area contributed by atoms with E-state index in [1.807, 2.05) is 41.0 Å². The second-order valence-electron chi connectivity index (χ2n) is 9.03. The van der Waals surface area contributed by atoms with Gasteiger partial charge in [0.05, 0.1) is 16.6 Å². The largest absolute Gasteiger partial charge is 0.480 e. The van der Waals surface area contributed by atoms with Crippen molar-refractivity contribution < 1.29 is 14.1 Å². The van der Waals surface area contributed by atoms with Crippen LogP contribution in [0.1, 0.15) is 18.5 Å². The van der Waals surface area contributed by atoms with Gasteiger partial charge in [0.15, 0.2) is 23.7 Å². The zero-order valence-corrected chi connectivity index (χ0v) is 19.2. The summed E-state index contributed by atoms with van der Waals surface area (Å²) in [5.74, 6) is 0.914. The number of likely N-dealkylation sites (tertiary alicyclic amines) is 1. The van der Waals surface area contributed by atoms with Crippen LogP contribution in [0.5, 0.6) is 5.75 Å². The molecule has 35 heavy (non-hydrogen) atoms. The van der Waals surface area contributed by atoms with Gasteiger partial charge in [-0.1, -0.05) is 23.4 Å². The second kappa shape index (κ2) is 9.12. The molecule has 1 saturated heterocycles. The molecule has 0 unspecified atom stereocenters. The first kappa shape index (κ1) is 21.8. The molecule has 2 N–H and O–H groups in total. The van der Waals surface area contributed by atoms with Gasteiger partial charge in [-0.05, 0) is 44.1 Å². The normalized spacial score (nSPS) is 16.9. The van der Waals surface area contributed by atoms with Gasteiger partial charge in [-0.15, -0.1) is 0 Å². The minimum absolute atomic E-state index is 0.0323. The van der Waals surface area contributed by atoms with Gasteiger partial charge < -0.3 is 29.4 Å². The summed E-state index contributed by atoms with van der Waals surface area (Å²) in [5.41, 5.74) is 2.05. The number of nitrogens with one attached hydrogen (secondary N) is 2. The first-order valence-corrected chi connectivity index (χ1v) is 11.9. The third-order valence-electron chi connectivity index (χ3n) is 6.83. The Balaban J connectivity index is 1.05. The molecule has 1 fully saturated rings. The average molecular weight is 475 g/mol. The number of hydrogen-bond donors (Lipinski definition) is 2. The summed E-state index contributed by atoms with van der Waals surface area (Å²) >= 11 is 0. The molecule has 2 aliphatic heterocycles. The maximum atomic E-state index is 13.0. The maximum absolute atomic E-state index is 13.0. The highest BCUT2D eigenvalue weighted by Gasteiger charge is 2.21. The number of hydrogen-bond acceptors (Lipinski definition) is 8. The molecule has 0 bridgehead atoms. The molecule has 1 aromatic carbocycles. The lowest BCUT2D eigenvalue weighted by Crippen LogP contribution is -2.43. The fraction of sp³-hybridized carbons (Fsp3) is 0.360. The van der Waals surface area contributed by atoms with E-state index in [2.05, 4.69) is 25.7 Å². The number of carbonyl (C=O) groups excluding carboxylic acids is 1. The Morgan fingerprint density at radius 1 is 1.06 bits per heavy atom. The van der Waals surface area contributed by atoms with Crippen molar-refractivity contribution in [2.45, 2.75) is 32.0 Å². The molecule has 0 atom stereocenters. The summed E-state index contributed by atoms with van der Waals surface area (Å²) < 4.78 is 12.3. The number of benzene rings is 1. The molecule has 0 spiro atoms. The number of piperidine rings is 1. The van der Waals surface area contributed by atoms with E-state index < -0.39 is 0 Å². The Kier molecular flexibility index (Phi) is 5.67. The minimum Gasteiger partial charge on any atom is -0.480 e. The highest BCUT2D eigenvalue weighted by atomic mass is 16.5. The number of pyridine rings is 2. The molecule has 1 amide bonds. The quantitative estimate of drug-likeness (QED) is 0.437. The van der Waals surface area contributed by atoms with Gasteiger partial charge in [0.1, 0.15) is 6.26 Å². The molecular weight excluding hydrogens is 448 g/mol. The molecule has 10 heteroatoms. The molecule has 2 aliphatic rings. The number of carbonyl (C=O) groups is 1. The highest BCUT2D eigenvalue weighted by Crippen LogP contribution is 2.25. The Morgan fingerprint density at radius 2 is 1.91 bits per heavy atom. The van der Waals surface area contributed by atoms with Gasteiger partial charge in [-0.25, -0.2) is 4.98 Å². The number of rotatable bonds is 6. The molecule has 180 valence electrons. The number of amides is 1. The van der Waals surface area contributed by atoms with Gasteiger partial charge >= 0.3 is 0 Å². The molecular formula is C25H26N6O4. The summed E-state index contributed by atoms with van der Waals surface area (Å²) in [6.07, 6.45) is 3.58. The van der Waals surface area contributed by atoms with Crippen molar-refractivity contribution >= 4 is 33.5 Å². The third kappa shape index (κ3) is 4.26. The van der Waals surface area contributed by atoms with E-state index in [1.165, 1.54) is 0 Å². The Hall–Kier alpha value is -3.76. The molecule has 0 aliphatic carbocycles. The summed E-state index contributed by atoms with van der Waals surface area (Å²) in [7, 11) is 0. The van der Waals surface area contributed by atoms with E-state index in [9.17, 15) is 9.59 Å². The van der Waals surface area contributed by atoms with E-state index in [0.717, 1.165) is 54.5 Å². The summed E-state index contributed by atoms with van der Waals surface area (Å²) in [6.45, 7) is 3.98. The molecule has 4 aromatic rings. The number of ether oxygens (including phenoxy) is 1. The standard InChI is InChI=1S/C25H26N6O4/c32-22-15-34-21-6-5-17(27-24(21)28-22)13-26-16-7-9-30(10-8-16)11-12-31-20-4-2-1-3-18(20)19-14-35-29-23(19)25(31)33/h1-6,14,16,26H,7-13,15H2,(H,27,28,32). The van der Waals surface area contributed by atoms with E-state index in [0.29, 0.717) is 36.2 Å². The summed E-state index contributed by atoms with van der Waals surface area (Å²) in [4.78, 5) is 31.5. The van der Waals surface area contributed by atoms with Crippen LogP contribution >= 0.6 is 0 Å². The van der Waals surface area contributed by atoms with Gasteiger partial charge in [0, 0.05) is 31.1 Å². The van der Waals surface area contributed by atoms with Gasteiger partial charge in [-0.3, -0.25) is 9.59 Å². The van der Waals surface area contributed by atoms with Crippen LogP contribution in [0, 0.1) is 0 Å². The lowest BCUT2D eigenvalue weighted by Gasteiger charge is -2.32. The number of aromatic nitrogens is 3.